The maximum absolute atomic E-state index is 13.0. The number of para-hydroxylation sites is 1. The van der Waals surface area contributed by atoms with Crippen LogP contribution in [0.3, 0.4) is 0 Å². The average Bonchev–Trinajstić information content (AvgIpc) is 3.13. The predicted octanol–water partition coefficient (Wildman–Crippen LogP) is 2.19. The van der Waals surface area contributed by atoms with E-state index in [4.69, 9.17) is 0 Å². The molecule has 1 aromatic carbocycles. The molecule has 0 bridgehead atoms. The monoisotopic (exact) mass is 349 g/mol. The number of hydrogen-bond donors (Lipinski definition) is 1. The van der Waals surface area contributed by atoms with E-state index < -0.39 is 16.1 Å². The highest BCUT2D eigenvalue weighted by Crippen LogP contribution is 2.28. The Morgan fingerprint density at radius 3 is 2.75 bits per heavy atom. The lowest BCUT2D eigenvalue weighted by Gasteiger charge is -2.36. The molecule has 1 aromatic heterocycles. The molecule has 1 aliphatic rings. The van der Waals surface area contributed by atoms with Gasteiger partial charge in [0.2, 0.25) is 10.0 Å². The largest absolute Gasteiger partial charge is 0.391 e. The second-order valence-electron chi connectivity index (χ2n) is 6.11. The summed E-state index contributed by atoms with van der Waals surface area (Å²) >= 11 is 0. The fourth-order valence-electron chi connectivity index (χ4n) is 3.18. The van der Waals surface area contributed by atoms with Crippen LogP contribution < -0.4 is 0 Å². The molecule has 6 nitrogen and oxygen atoms in total. The zero-order chi connectivity index (χ0) is 17.2. The van der Waals surface area contributed by atoms with Gasteiger partial charge in [0.1, 0.15) is 4.90 Å². The molecule has 1 aliphatic heterocycles. The Balaban J connectivity index is 1.91. The van der Waals surface area contributed by atoms with Gasteiger partial charge in [-0.3, -0.25) is 0 Å². The number of hydrogen-bond acceptors (Lipinski definition) is 4. The van der Waals surface area contributed by atoms with E-state index in [1.807, 2.05) is 37.3 Å². The summed E-state index contributed by atoms with van der Waals surface area (Å²) in [6.45, 7) is 2.32. The molecule has 0 saturated carbocycles. The number of piperidine rings is 1. The van der Waals surface area contributed by atoms with E-state index in [0.717, 1.165) is 18.5 Å². The van der Waals surface area contributed by atoms with Gasteiger partial charge >= 0.3 is 0 Å². The quantitative estimate of drug-likeness (QED) is 0.898. The van der Waals surface area contributed by atoms with Crippen molar-refractivity contribution in [1.82, 2.24) is 14.1 Å². The fourth-order valence-corrected chi connectivity index (χ4v) is 4.84. The number of sulfonamides is 1. The number of nitrogens with zero attached hydrogens (tertiary/aromatic N) is 3. The summed E-state index contributed by atoms with van der Waals surface area (Å²) in [6.07, 6.45) is 5.28. The van der Waals surface area contributed by atoms with Crippen molar-refractivity contribution in [2.24, 2.45) is 0 Å². The van der Waals surface area contributed by atoms with Crippen molar-refractivity contribution >= 4 is 10.0 Å². The Morgan fingerprint density at radius 1 is 1.29 bits per heavy atom. The van der Waals surface area contributed by atoms with Crippen LogP contribution in [-0.4, -0.2) is 46.3 Å². The highest BCUT2D eigenvalue weighted by atomic mass is 32.2. The zero-order valence-corrected chi connectivity index (χ0v) is 14.6. The van der Waals surface area contributed by atoms with Crippen LogP contribution >= 0.6 is 0 Å². The number of aliphatic hydroxyl groups is 1. The van der Waals surface area contributed by atoms with Crippen LogP contribution in [-0.2, 0) is 10.0 Å². The van der Waals surface area contributed by atoms with Crippen LogP contribution in [0, 0.1) is 0 Å². The summed E-state index contributed by atoms with van der Waals surface area (Å²) in [4.78, 5) is 0.168. The van der Waals surface area contributed by atoms with Crippen molar-refractivity contribution in [3.8, 4) is 5.69 Å². The lowest BCUT2D eigenvalue weighted by molar-refractivity contribution is 0.0667. The van der Waals surface area contributed by atoms with Crippen LogP contribution in [0.4, 0.5) is 0 Å². The first kappa shape index (κ1) is 17.1. The lowest BCUT2D eigenvalue weighted by atomic mass is 9.98. The average molecular weight is 349 g/mol. The van der Waals surface area contributed by atoms with Crippen LogP contribution in [0.25, 0.3) is 5.69 Å². The molecular weight excluding hydrogens is 326 g/mol. The van der Waals surface area contributed by atoms with E-state index in [1.165, 1.54) is 16.7 Å². The Bertz CT molecular complexity index is 773. The minimum absolute atomic E-state index is 0.168. The molecule has 1 fully saturated rings. The number of aliphatic hydroxyl groups excluding tert-OH is 1. The van der Waals surface area contributed by atoms with Gasteiger partial charge in [-0.05, 0) is 31.4 Å². The van der Waals surface area contributed by atoms with Crippen LogP contribution in [0.1, 0.15) is 32.6 Å². The first-order valence-corrected chi connectivity index (χ1v) is 9.78. The molecule has 1 saturated heterocycles. The third-order valence-electron chi connectivity index (χ3n) is 4.55. The maximum Gasteiger partial charge on any atom is 0.246 e. The first-order chi connectivity index (χ1) is 11.5. The second kappa shape index (κ2) is 7.04. The smallest absolute Gasteiger partial charge is 0.246 e. The Hall–Kier alpha value is -1.70. The van der Waals surface area contributed by atoms with Crippen LogP contribution in [0.5, 0.6) is 0 Å². The van der Waals surface area contributed by atoms with Crippen molar-refractivity contribution in [2.75, 3.05) is 6.54 Å². The molecule has 0 spiro atoms. The second-order valence-corrected chi connectivity index (χ2v) is 8.00. The molecule has 130 valence electrons. The van der Waals surface area contributed by atoms with E-state index in [0.29, 0.717) is 19.4 Å². The summed E-state index contributed by atoms with van der Waals surface area (Å²) in [5, 5.41) is 14.4. The minimum Gasteiger partial charge on any atom is -0.391 e. The molecule has 1 N–H and O–H groups in total. The molecule has 2 atom stereocenters. The molecule has 2 unspecified atom stereocenters. The lowest BCUT2D eigenvalue weighted by Crippen LogP contribution is -2.49. The van der Waals surface area contributed by atoms with Crippen molar-refractivity contribution < 1.29 is 13.5 Å². The number of rotatable bonds is 5. The van der Waals surface area contributed by atoms with Crippen LogP contribution in [0.2, 0.25) is 0 Å². The van der Waals surface area contributed by atoms with Crippen molar-refractivity contribution in [3.05, 3.63) is 42.7 Å². The molecule has 2 heterocycles. The Kier molecular flexibility index (Phi) is 5.03. The molecule has 0 radical (unpaired) electrons. The summed E-state index contributed by atoms with van der Waals surface area (Å²) in [5.74, 6) is 0. The third kappa shape index (κ3) is 3.24. The summed E-state index contributed by atoms with van der Waals surface area (Å²) in [6, 6.07) is 9.04. The minimum atomic E-state index is -3.66. The van der Waals surface area contributed by atoms with E-state index >= 15 is 0 Å². The van der Waals surface area contributed by atoms with Gasteiger partial charge in [-0.1, -0.05) is 31.5 Å². The molecule has 0 amide bonds. The zero-order valence-electron chi connectivity index (χ0n) is 13.7. The standard InChI is InChI=1S/C17H23N3O3S/c1-2-17(21)16-10-6-7-11-20(16)24(22,23)15-12-18-19(13-15)14-8-4-3-5-9-14/h3-5,8-9,12-13,16-17,21H,2,6-7,10-11H2,1H3. The van der Waals surface area contributed by atoms with E-state index in [-0.39, 0.29) is 10.9 Å². The summed E-state index contributed by atoms with van der Waals surface area (Å²) < 4.78 is 29.1. The fraction of sp³-hybridized carbons (Fsp3) is 0.471. The highest BCUT2D eigenvalue weighted by Gasteiger charge is 2.37. The molecular formula is C17H23N3O3S. The van der Waals surface area contributed by atoms with Crippen molar-refractivity contribution in [3.63, 3.8) is 0 Å². The van der Waals surface area contributed by atoms with Gasteiger partial charge in [-0.25, -0.2) is 13.1 Å². The van der Waals surface area contributed by atoms with E-state index in [2.05, 4.69) is 5.10 Å². The number of aromatic nitrogens is 2. The third-order valence-corrected chi connectivity index (χ3v) is 6.42. The van der Waals surface area contributed by atoms with E-state index in [1.54, 1.807) is 4.68 Å². The Labute approximate surface area is 142 Å². The summed E-state index contributed by atoms with van der Waals surface area (Å²) in [7, 11) is -3.66. The summed E-state index contributed by atoms with van der Waals surface area (Å²) in [5.41, 5.74) is 0.808. The number of benzene rings is 1. The van der Waals surface area contributed by atoms with Gasteiger partial charge in [-0.15, -0.1) is 0 Å². The van der Waals surface area contributed by atoms with Gasteiger partial charge in [0, 0.05) is 6.54 Å². The normalized spacial score (nSPS) is 20.8. The van der Waals surface area contributed by atoms with Crippen molar-refractivity contribution in [2.45, 2.75) is 49.6 Å². The Morgan fingerprint density at radius 2 is 2.04 bits per heavy atom. The molecule has 2 aromatic rings. The molecule has 24 heavy (non-hydrogen) atoms. The van der Waals surface area contributed by atoms with Gasteiger partial charge < -0.3 is 5.11 Å². The molecule has 0 aliphatic carbocycles. The van der Waals surface area contributed by atoms with Gasteiger partial charge in [-0.2, -0.15) is 9.40 Å². The van der Waals surface area contributed by atoms with Gasteiger partial charge in [0.15, 0.2) is 0 Å². The molecule has 3 rings (SSSR count). The highest BCUT2D eigenvalue weighted by molar-refractivity contribution is 7.89. The van der Waals surface area contributed by atoms with Gasteiger partial charge in [0.05, 0.1) is 30.2 Å². The topological polar surface area (TPSA) is 75.4 Å². The molecule has 7 heteroatoms. The van der Waals surface area contributed by atoms with Gasteiger partial charge in [0.25, 0.3) is 0 Å². The maximum atomic E-state index is 13.0. The SMILES string of the molecule is CCC(O)C1CCCCN1S(=O)(=O)c1cnn(-c2ccccc2)c1. The van der Waals surface area contributed by atoms with E-state index in [9.17, 15) is 13.5 Å². The van der Waals surface area contributed by atoms with Crippen LogP contribution in [0.15, 0.2) is 47.6 Å². The van der Waals surface area contributed by atoms with Crippen molar-refractivity contribution in [1.29, 1.82) is 0 Å². The predicted molar refractivity (Wildman–Crippen MR) is 91.4 cm³/mol. The first-order valence-electron chi connectivity index (χ1n) is 8.34.